The van der Waals surface area contributed by atoms with E-state index in [9.17, 15) is 15.3 Å². The summed E-state index contributed by atoms with van der Waals surface area (Å²) in [5.41, 5.74) is 4.45. The molecule has 11 heteroatoms. The van der Waals surface area contributed by atoms with Crippen LogP contribution in [0.5, 0.6) is 17.2 Å². The molecular formula is C22H35N7O4. The van der Waals surface area contributed by atoms with Crippen LogP contribution in [0, 0.1) is 0 Å². The Morgan fingerprint density at radius 2 is 1.73 bits per heavy atom. The fourth-order valence-corrected chi connectivity index (χ4v) is 3.62. The van der Waals surface area contributed by atoms with Crippen molar-refractivity contribution < 1.29 is 20.1 Å². The smallest absolute Gasteiger partial charge is 0.231 e. The first-order valence-corrected chi connectivity index (χ1v) is 11.2. The minimum atomic E-state index is -0.213. The van der Waals surface area contributed by atoms with Gasteiger partial charge < -0.3 is 30.3 Å². The number of hydrazine groups is 2. The molecule has 1 aromatic heterocycles. The lowest BCUT2D eigenvalue weighted by Gasteiger charge is -2.27. The SMILES string of the molecule is CCCN(CO)c1nc(NCc2c(O)cc(OC)cc2O)c2c(n1)N(C(C)C)NN2C(C)C. The van der Waals surface area contributed by atoms with Gasteiger partial charge >= 0.3 is 0 Å². The largest absolute Gasteiger partial charge is 0.507 e. The number of fused-ring (bicyclic) bond motifs is 1. The van der Waals surface area contributed by atoms with Gasteiger partial charge in [-0.15, -0.1) is 5.53 Å². The third kappa shape index (κ3) is 4.93. The van der Waals surface area contributed by atoms with Gasteiger partial charge in [0.05, 0.1) is 12.7 Å². The monoisotopic (exact) mass is 461 g/mol. The number of aliphatic hydroxyl groups excluding tert-OH is 1. The third-order valence-electron chi connectivity index (χ3n) is 5.36. The molecule has 11 nitrogen and oxygen atoms in total. The first kappa shape index (κ1) is 24.5. The van der Waals surface area contributed by atoms with Gasteiger partial charge in [-0.05, 0) is 34.1 Å². The molecule has 0 atom stereocenters. The van der Waals surface area contributed by atoms with Gasteiger partial charge in [0.2, 0.25) is 5.95 Å². The van der Waals surface area contributed by atoms with Crippen LogP contribution in [0.1, 0.15) is 46.6 Å². The molecule has 2 aromatic rings. The summed E-state index contributed by atoms with van der Waals surface area (Å²) >= 11 is 0. The van der Waals surface area contributed by atoms with E-state index in [-0.39, 0.29) is 36.9 Å². The molecule has 0 saturated carbocycles. The highest BCUT2D eigenvalue weighted by Gasteiger charge is 2.35. The van der Waals surface area contributed by atoms with E-state index in [1.165, 1.54) is 19.2 Å². The van der Waals surface area contributed by atoms with Gasteiger partial charge in [-0.2, -0.15) is 9.97 Å². The summed E-state index contributed by atoms with van der Waals surface area (Å²) in [6.45, 7) is 10.7. The van der Waals surface area contributed by atoms with Gasteiger partial charge in [-0.1, -0.05) is 6.92 Å². The molecule has 0 bridgehead atoms. The summed E-state index contributed by atoms with van der Waals surface area (Å²) in [4.78, 5) is 11.2. The highest BCUT2D eigenvalue weighted by Crippen LogP contribution is 2.41. The van der Waals surface area contributed by atoms with E-state index in [2.05, 4.69) is 38.5 Å². The van der Waals surface area contributed by atoms with Gasteiger partial charge in [0, 0.05) is 37.3 Å². The molecule has 0 radical (unpaired) electrons. The van der Waals surface area contributed by atoms with Gasteiger partial charge in [0.25, 0.3) is 0 Å². The number of nitrogens with zero attached hydrogens (tertiary/aromatic N) is 5. The van der Waals surface area contributed by atoms with Gasteiger partial charge in [-0.25, -0.2) is 0 Å². The molecule has 2 heterocycles. The summed E-state index contributed by atoms with van der Waals surface area (Å²) in [5, 5.41) is 37.9. The molecular weight excluding hydrogens is 426 g/mol. The lowest BCUT2D eigenvalue weighted by atomic mass is 10.1. The Bertz CT molecular complexity index is 947. The Hall–Kier alpha value is -3.18. The lowest BCUT2D eigenvalue weighted by molar-refractivity contribution is 0.288. The zero-order valence-electron chi connectivity index (χ0n) is 20.1. The van der Waals surface area contributed by atoms with Crippen LogP contribution in [-0.4, -0.2) is 57.8 Å². The highest BCUT2D eigenvalue weighted by atomic mass is 16.5. The number of anilines is 4. The molecule has 0 spiro atoms. The van der Waals surface area contributed by atoms with Gasteiger partial charge in [0.1, 0.15) is 29.7 Å². The van der Waals surface area contributed by atoms with Crippen LogP contribution in [0.4, 0.5) is 23.3 Å². The number of aromatic nitrogens is 2. The lowest BCUT2D eigenvalue weighted by Crippen LogP contribution is -2.50. The van der Waals surface area contributed by atoms with Crippen LogP contribution in [0.2, 0.25) is 0 Å². The molecule has 0 saturated heterocycles. The number of rotatable bonds is 10. The van der Waals surface area contributed by atoms with Gasteiger partial charge in [-0.3, -0.25) is 10.0 Å². The van der Waals surface area contributed by atoms with Crippen molar-refractivity contribution in [2.24, 2.45) is 0 Å². The molecule has 182 valence electrons. The average Bonchev–Trinajstić information content (AvgIpc) is 3.17. The van der Waals surface area contributed by atoms with Crippen LogP contribution in [0.25, 0.3) is 0 Å². The van der Waals surface area contributed by atoms with Crippen molar-refractivity contribution in [1.29, 1.82) is 0 Å². The maximum atomic E-state index is 10.4. The van der Waals surface area contributed by atoms with Crippen molar-refractivity contribution in [3.05, 3.63) is 17.7 Å². The van der Waals surface area contributed by atoms with E-state index in [0.29, 0.717) is 35.4 Å². The molecule has 5 N–H and O–H groups in total. The summed E-state index contributed by atoms with van der Waals surface area (Å²) < 4.78 is 5.10. The van der Waals surface area contributed by atoms with Crippen LogP contribution in [-0.2, 0) is 6.54 Å². The number of hydrogen-bond acceptors (Lipinski definition) is 11. The first-order chi connectivity index (χ1) is 15.7. The molecule has 33 heavy (non-hydrogen) atoms. The second-order valence-electron chi connectivity index (χ2n) is 8.47. The quantitative estimate of drug-likeness (QED) is 0.335. The van der Waals surface area contributed by atoms with Crippen molar-refractivity contribution in [2.75, 3.05) is 40.6 Å². The minimum absolute atomic E-state index is 0.0871. The zero-order valence-corrected chi connectivity index (χ0v) is 20.1. The number of phenolic OH excluding ortho intramolecular Hbond substituents is 2. The van der Waals surface area contributed by atoms with Crippen LogP contribution < -0.4 is 30.5 Å². The number of ether oxygens (including phenoxy) is 1. The Balaban J connectivity index is 2.07. The minimum Gasteiger partial charge on any atom is -0.507 e. The predicted molar refractivity (Wildman–Crippen MR) is 129 cm³/mol. The van der Waals surface area contributed by atoms with Crippen molar-refractivity contribution in [1.82, 2.24) is 15.5 Å². The number of hydrogen-bond donors (Lipinski definition) is 5. The van der Waals surface area contributed by atoms with E-state index in [0.717, 1.165) is 12.1 Å². The summed E-state index contributed by atoms with van der Waals surface area (Å²) in [5.74, 6) is 1.78. The van der Waals surface area contributed by atoms with E-state index >= 15 is 0 Å². The molecule has 1 aliphatic rings. The van der Waals surface area contributed by atoms with Crippen molar-refractivity contribution >= 4 is 23.3 Å². The third-order valence-corrected chi connectivity index (χ3v) is 5.36. The summed E-state index contributed by atoms with van der Waals surface area (Å²) in [6.07, 6.45) is 0.821. The fourth-order valence-electron chi connectivity index (χ4n) is 3.62. The molecule has 3 rings (SSSR count). The van der Waals surface area contributed by atoms with Crippen molar-refractivity contribution in [3.8, 4) is 17.2 Å². The molecule has 0 fully saturated rings. The second kappa shape index (κ2) is 10.2. The molecule has 1 aromatic carbocycles. The standard InChI is InChI=1S/C22H35N7O4/c1-7-8-27(12-30)22-24-20(23-11-16-17(31)9-15(33-6)10-18(16)32)19-21(25-22)29(14(4)5)26-28(19)13(2)3/h9-10,13-14,26,30-32H,7-8,11-12H2,1-6H3,(H,23,24,25). The number of benzene rings is 1. The maximum Gasteiger partial charge on any atom is 0.231 e. The van der Waals surface area contributed by atoms with Crippen LogP contribution in [0.3, 0.4) is 0 Å². The highest BCUT2D eigenvalue weighted by molar-refractivity contribution is 5.83. The Morgan fingerprint density at radius 3 is 2.24 bits per heavy atom. The van der Waals surface area contributed by atoms with Crippen molar-refractivity contribution in [3.63, 3.8) is 0 Å². The number of aliphatic hydroxyl groups is 1. The number of phenols is 2. The molecule has 1 aliphatic heterocycles. The fraction of sp³-hybridized carbons (Fsp3) is 0.545. The Kier molecular flexibility index (Phi) is 7.54. The van der Waals surface area contributed by atoms with E-state index in [4.69, 9.17) is 14.7 Å². The van der Waals surface area contributed by atoms with Gasteiger partial charge in [0.15, 0.2) is 11.6 Å². The predicted octanol–water partition coefficient (Wildman–Crippen LogP) is 2.54. The summed E-state index contributed by atoms with van der Waals surface area (Å²) in [6, 6.07) is 3.09. The number of nitrogens with one attached hydrogen (secondary N) is 2. The maximum absolute atomic E-state index is 10.4. The molecule has 0 aliphatic carbocycles. The van der Waals surface area contributed by atoms with Crippen LogP contribution >= 0.6 is 0 Å². The Morgan fingerprint density at radius 1 is 1.09 bits per heavy atom. The zero-order chi connectivity index (χ0) is 24.3. The van der Waals surface area contributed by atoms with E-state index < -0.39 is 0 Å². The molecule has 0 amide bonds. The number of methoxy groups -OCH3 is 1. The average molecular weight is 462 g/mol. The normalized spacial score (nSPS) is 13.1. The van der Waals surface area contributed by atoms with Crippen LogP contribution in [0.15, 0.2) is 12.1 Å². The van der Waals surface area contributed by atoms with E-state index in [1.54, 1.807) is 4.90 Å². The van der Waals surface area contributed by atoms with E-state index in [1.807, 2.05) is 16.9 Å². The summed E-state index contributed by atoms with van der Waals surface area (Å²) in [7, 11) is 1.47. The second-order valence-corrected chi connectivity index (χ2v) is 8.47. The number of aromatic hydroxyl groups is 2. The van der Waals surface area contributed by atoms with Crippen molar-refractivity contribution in [2.45, 2.75) is 59.7 Å². The first-order valence-electron chi connectivity index (χ1n) is 11.2. The Labute approximate surface area is 194 Å². The molecule has 0 unspecified atom stereocenters. The topological polar surface area (TPSA) is 129 Å².